The Morgan fingerprint density at radius 2 is 1.52 bits per heavy atom. The number of fused-ring (bicyclic) bond motifs is 1. The molecule has 0 fully saturated rings. The number of rotatable bonds is 11. The summed E-state index contributed by atoms with van der Waals surface area (Å²) in [5.74, 6) is 0.0403. The van der Waals surface area contributed by atoms with Crippen molar-refractivity contribution >= 4 is 21.6 Å². The van der Waals surface area contributed by atoms with Crippen molar-refractivity contribution in [1.29, 1.82) is 0 Å². The highest BCUT2D eigenvalue weighted by Crippen LogP contribution is 2.36. The second kappa shape index (κ2) is 9.76. The van der Waals surface area contributed by atoms with Gasteiger partial charge in [0, 0.05) is 6.07 Å². The fraction of sp³-hybridized carbons (Fsp3) is 0.632. The first-order valence-electron chi connectivity index (χ1n) is 9.06. The van der Waals surface area contributed by atoms with Crippen molar-refractivity contribution in [2.45, 2.75) is 77.6 Å². The Hall–Kier alpha value is -1.29. The van der Waals surface area contributed by atoms with Crippen LogP contribution >= 0.6 is 11.3 Å². The molecule has 3 N–H and O–H groups in total. The summed E-state index contributed by atoms with van der Waals surface area (Å²) in [6.07, 6.45) is 13.8. The Morgan fingerprint density at radius 3 is 2.17 bits per heavy atom. The molecule has 0 aliphatic carbocycles. The number of phenols is 2. The highest BCUT2D eigenvalue weighted by molar-refractivity contribution is 7.16. The maximum Gasteiger partial charge on any atom is 0.228 e. The topological polar surface area (TPSA) is 54.6 Å². The maximum absolute atomic E-state index is 10.1. The van der Waals surface area contributed by atoms with Crippen molar-refractivity contribution in [3.8, 4) is 11.5 Å². The number of nitrogens with one attached hydrogen (secondary N) is 1. The van der Waals surface area contributed by atoms with Crippen LogP contribution in [0.15, 0.2) is 11.6 Å². The van der Waals surface area contributed by atoms with Gasteiger partial charge in [0.25, 0.3) is 0 Å². The van der Waals surface area contributed by atoms with Gasteiger partial charge < -0.3 is 10.2 Å². The summed E-state index contributed by atoms with van der Waals surface area (Å²) in [6.45, 7) is 2.26. The smallest absolute Gasteiger partial charge is 0.228 e. The quantitative estimate of drug-likeness (QED) is 0.415. The van der Waals surface area contributed by atoms with E-state index in [2.05, 4.69) is 11.9 Å². The van der Waals surface area contributed by atoms with Gasteiger partial charge in [-0.05, 0) is 12.8 Å². The Morgan fingerprint density at radius 1 is 0.913 bits per heavy atom. The number of thiazole rings is 1. The number of unbranched alkanes of at least 4 members (excludes halogenated alkanes) is 9. The van der Waals surface area contributed by atoms with E-state index in [0.29, 0.717) is 0 Å². The summed E-state index contributed by atoms with van der Waals surface area (Å²) in [7, 11) is 0. The number of hydrogen-bond donors (Lipinski definition) is 2. The first-order valence-corrected chi connectivity index (χ1v) is 9.94. The number of hydrogen-bond acceptors (Lipinski definition) is 3. The molecule has 3 nitrogen and oxygen atoms in total. The summed E-state index contributed by atoms with van der Waals surface area (Å²) in [6, 6.07) is 1.63. The highest BCUT2D eigenvalue weighted by atomic mass is 32.1. The molecule has 0 radical (unpaired) electrons. The lowest BCUT2D eigenvalue weighted by molar-refractivity contribution is -0.338. The molecular formula is C19H30NO2S+. The first kappa shape index (κ1) is 18.1. The van der Waals surface area contributed by atoms with Crippen LogP contribution in [-0.4, -0.2) is 10.2 Å². The van der Waals surface area contributed by atoms with E-state index >= 15 is 0 Å². The molecular weight excluding hydrogens is 306 g/mol. The molecule has 0 aliphatic heterocycles. The van der Waals surface area contributed by atoms with Crippen molar-refractivity contribution < 1.29 is 15.2 Å². The van der Waals surface area contributed by atoms with E-state index in [9.17, 15) is 10.2 Å². The van der Waals surface area contributed by atoms with Crippen molar-refractivity contribution in [2.75, 3.05) is 0 Å². The number of aromatic amines is 1. The van der Waals surface area contributed by atoms with E-state index in [1.54, 1.807) is 17.4 Å². The molecule has 0 atom stereocenters. The highest BCUT2D eigenvalue weighted by Gasteiger charge is 2.17. The molecule has 23 heavy (non-hydrogen) atoms. The van der Waals surface area contributed by atoms with Crippen LogP contribution < -0.4 is 4.98 Å². The number of aromatic nitrogens is 1. The van der Waals surface area contributed by atoms with Gasteiger partial charge in [-0.15, -0.1) is 0 Å². The number of H-pyrrole nitrogens is 1. The van der Waals surface area contributed by atoms with Gasteiger partial charge in [0.15, 0.2) is 11.5 Å². The average molecular weight is 337 g/mol. The third-order valence-corrected chi connectivity index (χ3v) is 5.33. The Labute approximate surface area is 143 Å². The van der Waals surface area contributed by atoms with Gasteiger partial charge in [-0.25, -0.2) is 4.98 Å². The molecule has 2 rings (SSSR count). The van der Waals surface area contributed by atoms with E-state index in [4.69, 9.17) is 0 Å². The third-order valence-electron chi connectivity index (χ3n) is 4.51. The molecule has 1 aromatic carbocycles. The fourth-order valence-corrected chi connectivity index (χ4v) is 3.91. The van der Waals surface area contributed by atoms with Gasteiger partial charge in [-0.2, -0.15) is 0 Å². The largest absolute Gasteiger partial charge is 0.504 e. The average Bonchev–Trinajstić information content (AvgIpc) is 3.00. The van der Waals surface area contributed by atoms with Crippen molar-refractivity contribution in [2.24, 2.45) is 0 Å². The monoisotopic (exact) mass is 336 g/mol. The summed E-state index contributed by atoms with van der Waals surface area (Å²) in [5, 5.41) is 19.9. The van der Waals surface area contributed by atoms with Crippen LogP contribution in [0.25, 0.3) is 10.2 Å². The summed E-state index contributed by atoms with van der Waals surface area (Å²) in [4.78, 5) is 3.19. The van der Waals surface area contributed by atoms with E-state index in [-0.39, 0.29) is 11.5 Å². The maximum atomic E-state index is 10.1. The van der Waals surface area contributed by atoms with Crippen LogP contribution in [0.5, 0.6) is 11.5 Å². The number of benzene rings is 1. The second-order valence-electron chi connectivity index (χ2n) is 6.41. The molecule has 0 unspecified atom stereocenters. The van der Waals surface area contributed by atoms with Crippen molar-refractivity contribution in [3.63, 3.8) is 0 Å². The Balaban J connectivity index is 1.67. The van der Waals surface area contributed by atoms with E-state index in [1.807, 2.05) is 5.51 Å². The van der Waals surface area contributed by atoms with Crippen molar-refractivity contribution in [3.05, 3.63) is 17.1 Å². The Kier molecular flexibility index (Phi) is 7.66. The van der Waals surface area contributed by atoms with Crippen LogP contribution in [0.3, 0.4) is 0 Å². The van der Waals surface area contributed by atoms with Crippen LogP contribution in [0.1, 0.15) is 76.7 Å². The van der Waals surface area contributed by atoms with Crippen LogP contribution in [-0.2, 0) is 6.42 Å². The summed E-state index contributed by atoms with van der Waals surface area (Å²) < 4.78 is 1.00. The minimum absolute atomic E-state index is 0.00423. The standard InChI is InChI=1S/C19H29NO2S/c1-2-3-4-5-6-7-8-9-10-11-12-15-18-17(23-14-20-18)13-16(21)19(15)22/h13-14,21-22H,2-12H2,1H3/p+1. The van der Waals surface area contributed by atoms with E-state index in [0.717, 1.165) is 28.6 Å². The molecule has 1 heterocycles. The van der Waals surface area contributed by atoms with Crippen LogP contribution in [0, 0.1) is 0 Å². The van der Waals surface area contributed by atoms with Gasteiger partial charge in [-0.1, -0.05) is 76.0 Å². The minimum atomic E-state index is -0.00423. The lowest BCUT2D eigenvalue weighted by Crippen LogP contribution is -2.00. The number of aromatic hydroxyl groups is 2. The van der Waals surface area contributed by atoms with E-state index < -0.39 is 0 Å². The first-order chi connectivity index (χ1) is 11.2. The van der Waals surface area contributed by atoms with Crippen molar-refractivity contribution in [1.82, 2.24) is 0 Å². The third kappa shape index (κ3) is 5.38. The molecule has 0 spiro atoms. The summed E-state index contributed by atoms with van der Waals surface area (Å²) >= 11 is 1.56. The van der Waals surface area contributed by atoms with Crippen LogP contribution in [0.4, 0.5) is 0 Å². The lowest BCUT2D eigenvalue weighted by atomic mass is 10.0. The van der Waals surface area contributed by atoms with Gasteiger partial charge in [0.1, 0.15) is 4.70 Å². The zero-order valence-electron chi connectivity index (χ0n) is 14.2. The lowest BCUT2D eigenvalue weighted by Gasteiger charge is -2.05. The second-order valence-corrected chi connectivity index (χ2v) is 7.32. The normalized spacial score (nSPS) is 11.3. The molecule has 0 bridgehead atoms. The van der Waals surface area contributed by atoms with Gasteiger partial charge in [0.2, 0.25) is 11.0 Å². The van der Waals surface area contributed by atoms with E-state index in [1.165, 1.54) is 57.8 Å². The van der Waals surface area contributed by atoms with Gasteiger partial charge >= 0.3 is 0 Å². The van der Waals surface area contributed by atoms with Gasteiger partial charge in [-0.3, -0.25) is 0 Å². The zero-order chi connectivity index (χ0) is 16.5. The molecule has 1 aromatic heterocycles. The SMILES string of the molecule is CCCCCCCCCCCCc1c(O)c(O)cc2sc[nH+]c12. The molecule has 0 amide bonds. The molecule has 2 aromatic rings. The number of phenolic OH excluding ortho intramolecular Hbond substituents is 2. The Bertz CT molecular complexity index is 594. The molecule has 0 saturated heterocycles. The molecule has 4 heteroatoms. The predicted molar refractivity (Wildman–Crippen MR) is 97.3 cm³/mol. The molecule has 0 aliphatic rings. The fourth-order valence-electron chi connectivity index (χ4n) is 3.12. The number of aryl methyl sites for hydroxylation is 1. The van der Waals surface area contributed by atoms with Gasteiger partial charge in [0.05, 0.1) is 5.56 Å². The molecule has 0 saturated carbocycles. The minimum Gasteiger partial charge on any atom is -0.504 e. The summed E-state index contributed by atoms with van der Waals surface area (Å²) in [5.41, 5.74) is 3.73. The van der Waals surface area contributed by atoms with Crippen LogP contribution in [0.2, 0.25) is 0 Å². The zero-order valence-corrected chi connectivity index (χ0v) is 15.1. The predicted octanol–water partition coefficient (Wildman–Crippen LogP) is 5.59. The molecule has 128 valence electrons.